The van der Waals surface area contributed by atoms with Gasteiger partial charge in [-0.1, -0.05) is 46.5 Å². The first kappa shape index (κ1) is 19.8. The van der Waals surface area contributed by atoms with Gasteiger partial charge in [-0.3, -0.25) is 4.79 Å². The van der Waals surface area contributed by atoms with E-state index in [1.54, 1.807) is 0 Å². The lowest BCUT2D eigenvalue weighted by molar-refractivity contribution is -0.122. The molecule has 0 spiro atoms. The summed E-state index contributed by atoms with van der Waals surface area (Å²) in [6.07, 6.45) is 6.72. The Morgan fingerprint density at radius 1 is 1.26 bits per heavy atom. The fourth-order valence-corrected chi connectivity index (χ4v) is 2.68. The first-order chi connectivity index (χ1) is 10.3. The summed E-state index contributed by atoms with van der Waals surface area (Å²) in [5.74, 6) is 0.520. The summed E-state index contributed by atoms with van der Waals surface area (Å²) < 4.78 is 0. The molecular formula is C15H29ClN6O. The lowest BCUT2D eigenvalue weighted by atomic mass is 9.91. The number of carbonyl (C=O) groups excluding carboxylic acids is 1. The van der Waals surface area contributed by atoms with Crippen molar-refractivity contribution in [3.63, 3.8) is 0 Å². The standard InChI is InChI=1S/C15H28N6O.ClH/c1-14(2,3)13-18-20-21(19-13)10-12(22)17-11-15(16)8-6-4-5-7-9-15;/h4-11,16H2,1-3H3,(H,17,22);1H. The van der Waals surface area contributed by atoms with E-state index in [2.05, 4.69) is 20.7 Å². The number of tetrazole rings is 1. The number of carbonyl (C=O) groups is 1. The average Bonchev–Trinajstić information content (AvgIpc) is 2.79. The topological polar surface area (TPSA) is 98.7 Å². The third-order valence-electron chi connectivity index (χ3n) is 4.15. The summed E-state index contributed by atoms with van der Waals surface area (Å²) in [5, 5.41) is 15.1. The molecule has 2 rings (SSSR count). The van der Waals surface area contributed by atoms with Crippen molar-refractivity contribution in [3.05, 3.63) is 5.82 Å². The van der Waals surface area contributed by atoms with E-state index in [-0.39, 0.29) is 35.8 Å². The van der Waals surface area contributed by atoms with Gasteiger partial charge >= 0.3 is 0 Å². The van der Waals surface area contributed by atoms with Crippen molar-refractivity contribution in [2.24, 2.45) is 5.73 Å². The SMILES string of the molecule is CC(C)(C)c1nnn(CC(=O)NCC2(N)CCCCCC2)n1.Cl. The number of hydrogen-bond donors (Lipinski definition) is 2. The zero-order chi connectivity index (χ0) is 16.2. The third-order valence-corrected chi connectivity index (χ3v) is 4.15. The Hall–Kier alpha value is -1.21. The summed E-state index contributed by atoms with van der Waals surface area (Å²) in [7, 11) is 0. The maximum absolute atomic E-state index is 12.0. The van der Waals surface area contributed by atoms with Crippen molar-refractivity contribution >= 4 is 18.3 Å². The molecule has 0 atom stereocenters. The number of nitrogens with two attached hydrogens (primary N) is 1. The second-order valence-corrected chi connectivity index (χ2v) is 7.45. The van der Waals surface area contributed by atoms with Gasteiger partial charge in [0.25, 0.3) is 0 Å². The van der Waals surface area contributed by atoms with Crippen molar-refractivity contribution in [1.29, 1.82) is 0 Å². The van der Waals surface area contributed by atoms with Crippen molar-refractivity contribution in [1.82, 2.24) is 25.5 Å². The van der Waals surface area contributed by atoms with Crippen LogP contribution in [0.4, 0.5) is 0 Å². The molecule has 1 amide bonds. The van der Waals surface area contributed by atoms with Gasteiger partial charge in [0.05, 0.1) is 0 Å². The van der Waals surface area contributed by atoms with Crippen molar-refractivity contribution in [2.45, 2.75) is 76.8 Å². The summed E-state index contributed by atoms with van der Waals surface area (Å²) in [5.41, 5.74) is 5.96. The smallest absolute Gasteiger partial charge is 0.243 e. The van der Waals surface area contributed by atoms with Gasteiger partial charge in [-0.2, -0.15) is 4.80 Å². The highest BCUT2D eigenvalue weighted by molar-refractivity contribution is 5.85. The summed E-state index contributed by atoms with van der Waals surface area (Å²) in [6.45, 7) is 6.64. The zero-order valence-corrected chi connectivity index (χ0v) is 15.2. The van der Waals surface area contributed by atoms with Crippen LogP contribution in [-0.4, -0.2) is 38.2 Å². The Labute approximate surface area is 144 Å². The fourth-order valence-electron chi connectivity index (χ4n) is 2.68. The van der Waals surface area contributed by atoms with Crippen LogP contribution in [0.1, 0.15) is 65.1 Å². The first-order valence-corrected chi connectivity index (χ1v) is 8.12. The second kappa shape index (κ2) is 8.06. The van der Waals surface area contributed by atoms with Crippen LogP contribution in [0.15, 0.2) is 0 Å². The molecule has 0 unspecified atom stereocenters. The molecule has 0 bridgehead atoms. The monoisotopic (exact) mass is 344 g/mol. The molecule has 7 nitrogen and oxygen atoms in total. The van der Waals surface area contributed by atoms with E-state index >= 15 is 0 Å². The molecule has 1 fully saturated rings. The van der Waals surface area contributed by atoms with Gasteiger partial charge in [-0.05, 0) is 18.1 Å². The van der Waals surface area contributed by atoms with E-state index in [1.807, 2.05) is 20.8 Å². The highest BCUT2D eigenvalue weighted by Gasteiger charge is 2.27. The molecule has 3 N–H and O–H groups in total. The zero-order valence-electron chi connectivity index (χ0n) is 14.3. The van der Waals surface area contributed by atoms with E-state index in [1.165, 1.54) is 17.6 Å². The Morgan fingerprint density at radius 2 is 1.87 bits per heavy atom. The quantitative estimate of drug-likeness (QED) is 0.807. The van der Waals surface area contributed by atoms with Gasteiger partial charge in [-0.25, -0.2) is 0 Å². The predicted octanol–water partition coefficient (Wildman–Crippen LogP) is 1.56. The van der Waals surface area contributed by atoms with E-state index in [0.717, 1.165) is 25.7 Å². The number of nitrogens with one attached hydrogen (secondary N) is 1. The van der Waals surface area contributed by atoms with Gasteiger partial charge in [0, 0.05) is 17.5 Å². The fraction of sp³-hybridized carbons (Fsp3) is 0.867. The van der Waals surface area contributed by atoms with Gasteiger partial charge in [-0.15, -0.1) is 22.6 Å². The molecule has 0 radical (unpaired) electrons. The van der Waals surface area contributed by atoms with Crippen LogP contribution < -0.4 is 11.1 Å². The third kappa shape index (κ3) is 6.06. The van der Waals surface area contributed by atoms with Crippen LogP contribution in [0.25, 0.3) is 0 Å². The number of hydrogen-bond acceptors (Lipinski definition) is 5. The van der Waals surface area contributed by atoms with Crippen molar-refractivity contribution < 1.29 is 4.79 Å². The summed E-state index contributed by atoms with van der Waals surface area (Å²) in [4.78, 5) is 13.4. The number of amides is 1. The Morgan fingerprint density at radius 3 is 2.39 bits per heavy atom. The van der Waals surface area contributed by atoms with E-state index in [9.17, 15) is 4.79 Å². The van der Waals surface area contributed by atoms with Crippen LogP contribution in [-0.2, 0) is 16.8 Å². The van der Waals surface area contributed by atoms with Crippen LogP contribution in [0.3, 0.4) is 0 Å². The maximum atomic E-state index is 12.0. The molecule has 1 aliphatic carbocycles. The summed E-state index contributed by atoms with van der Waals surface area (Å²) in [6, 6.07) is 0. The Kier molecular flexibility index (Phi) is 6.95. The lowest BCUT2D eigenvalue weighted by Crippen LogP contribution is -2.50. The van der Waals surface area contributed by atoms with E-state index in [4.69, 9.17) is 5.73 Å². The molecule has 0 saturated heterocycles. The number of rotatable bonds is 4. The normalized spacial score (nSPS) is 17.9. The molecule has 1 aromatic heterocycles. The number of halogens is 1. The molecule has 23 heavy (non-hydrogen) atoms. The van der Waals surface area contributed by atoms with Crippen molar-refractivity contribution in [2.75, 3.05) is 6.54 Å². The first-order valence-electron chi connectivity index (χ1n) is 8.12. The molecule has 0 aromatic carbocycles. The predicted molar refractivity (Wildman–Crippen MR) is 91.4 cm³/mol. The molecule has 0 aliphatic heterocycles. The molecule has 1 aromatic rings. The van der Waals surface area contributed by atoms with E-state index in [0.29, 0.717) is 12.4 Å². The largest absolute Gasteiger partial charge is 0.353 e. The Bertz CT molecular complexity index is 502. The van der Waals surface area contributed by atoms with Gasteiger partial charge < -0.3 is 11.1 Å². The van der Waals surface area contributed by atoms with Gasteiger partial charge in [0.15, 0.2) is 5.82 Å². The number of aromatic nitrogens is 4. The minimum Gasteiger partial charge on any atom is -0.353 e. The molecule has 1 aliphatic rings. The summed E-state index contributed by atoms with van der Waals surface area (Å²) >= 11 is 0. The van der Waals surface area contributed by atoms with Crippen LogP contribution in [0.5, 0.6) is 0 Å². The molecule has 132 valence electrons. The van der Waals surface area contributed by atoms with Gasteiger partial charge in [0.2, 0.25) is 5.91 Å². The van der Waals surface area contributed by atoms with Crippen LogP contribution >= 0.6 is 12.4 Å². The minimum atomic E-state index is -0.265. The van der Waals surface area contributed by atoms with Gasteiger partial charge in [0.1, 0.15) is 6.54 Å². The average molecular weight is 345 g/mol. The minimum absolute atomic E-state index is 0. The van der Waals surface area contributed by atoms with E-state index < -0.39 is 0 Å². The molecular weight excluding hydrogens is 316 g/mol. The van der Waals surface area contributed by atoms with Crippen molar-refractivity contribution in [3.8, 4) is 0 Å². The highest BCUT2D eigenvalue weighted by Crippen LogP contribution is 2.24. The second-order valence-electron chi connectivity index (χ2n) is 7.45. The molecule has 1 saturated carbocycles. The van der Waals surface area contributed by atoms with Crippen LogP contribution in [0.2, 0.25) is 0 Å². The lowest BCUT2D eigenvalue weighted by Gasteiger charge is -2.28. The maximum Gasteiger partial charge on any atom is 0.243 e. The Balaban J connectivity index is 0.00000264. The highest BCUT2D eigenvalue weighted by atomic mass is 35.5. The number of nitrogens with zero attached hydrogens (tertiary/aromatic N) is 4. The van der Waals surface area contributed by atoms with Crippen LogP contribution in [0, 0.1) is 0 Å². The molecule has 1 heterocycles. The molecule has 8 heteroatoms.